The van der Waals surface area contributed by atoms with Crippen LogP contribution in [0.3, 0.4) is 0 Å². The minimum atomic E-state index is -0.449. The molecule has 2 aromatic heterocycles. The molecule has 4 rings (SSSR count). The molecule has 0 saturated heterocycles. The van der Waals surface area contributed by atoms with Gasteiger partial charge in [-0.2, -0.15) is 0 Å². The maximum Gasteiger partial charge on any atom is 0.337 e. The summed E-state index contributed by atoms with van der Waals surface area (Å²) in [7, 11) is 0. The SMILES string of the molecule is CCn1c(=O)c2c(ncn2Cc2cccc(Cl)c2)n(-c2cccc(Cl)c2)c1=O. The summed E-state index contributed by atoms with van der Waals surface area (Å²) in [4.78, 5) is 30.4. The normalized spacial score (nSPS) is 11.2. The second kappa shape index (κ2) is 7.30. The van der Waals surface area contributed by atoms with Crippen molar-refractivity contribution in [3.05, 3.63) is 91.3 Å². The Morgan fingerprint density at radius 1 is 1.00 bits per heavy atom. The standard InChI is InChI=1S/C20H16Cl2N4O2/c1-2-25-19(27)17-18(26(20(25)28)16-8-4-7-15(22)10-16)23-12-24(17)11-13-5-3-6-14(21)9-13/h3-10,12H,2,11H2,1H3. The highest BCUT2D eigenvalue weighted by molar-refractivity contribution is 6.31. The summed E-state index contributed by atoms with van der Waals surface area (Å²) in [6.07, 6.45) is 1.56. The van der Waals surface area contributed by atoms with E-state index in [0.29, 0.717) is 33.4 Å². The van der Waals surface area contributed by atoms with Gasteiger partial charge in [0.1, 0.15) is 0 Å². The van der Waals surface area contributed by atoms with Crippen LogP contribution in [-0.2, 0) is 13.1 Å². The Labute approximate surface area is 170 Å². The van der Waals surface area contributed by atoms with Crippen LogP contribution in [0.5, 0.6) is 0 Å². The van der Waals surface area contributed by atoms with Gasteiger partial charge in [0, 0.05) is 23.1 Å². The monoisotopic (exact) mass is 414 g/mol. The quantitative estimate of drug-likeness (QED) is 0.511. The first-order valence-electron chi connectivity index (χ1n) is 8.70. The Bertz CT molecular complexity index is 1300. The second-order valence-electron chi connectivity index (χ2n) is 6.32. The Hall–Kier alpha value is -2.83. The van der Waals surface area contributed by atoms with E-state index in [1.807, 2.05) is 18.2 Å². The number of rotatable bonds is 4. The molecule has 0 bridgehead atoms. The van der Waals surface area contributed by atoms with Crippen LogP contribution in [-0.4, -0.2) is 18.7 Å². The van der Waals surface area contributed by atoms with Gasteiger partial charge in [0.15, 0.2) is 11.2 Å². The maximum atomic E-state index is 13.0. The molecule has 0 atom stereocenters. The molecule has 0 amide bonds. The molecule has 0 fully saturated rings. The van der Waals surface area contributed by atoms with E-state index in [2.05, 4.69) is 4.98 Å². The van der Waals surface area contributed by atoms with E-state index >= 15 is 0 Å². The Morgan fingerprint density at radius 3 is 2.39 bits per heavy atom. The fourth-order valence-electron chi connectivity index (χ4n) is 3.26. The van der Waals surface area contributed by atoms with Gasteiger partial charge in [-0.1, -0.05) is 41.4 Å². The number of nitrogens with zero attached hydrogens (tertiary/aromatic N) is 4. The van der Waals surface area contributed by atoms with Crippen LogP contribution in [0.2, 0.25) is 10.0 Å². The van der Waals surface area contributed by atoms with Crippen LogP contribution in [0.1, 0.15) is 12.5 Å². The van der Waals surface area contributed by atoms with Gasteiger partial charge in [-0.25, -0.2) is 14.3 Å². The molecule has 0 radical (unpaired) electrons. The largest absolute Gasteiger partial charge is 0.337 e. The van der Waals surface area contributed by atoms with E-state index in [1.54, 1.807) is 48.1 Å². The third-order valence-corrected chi connectivity index (χ3v) is 4.99. The third kappa shape index (κ3) is 3.15. The number of aromatic nitrogens is 4. The lowest BCUT2D eigenvalue weighted by atomic mass is 10.2. The minimum Gasteiger partial charge on any atom is -0.320 e. The van der Waals surface area contributed by atoms with E-state index in [0.717, 1.165) is 5.56 Å². The Kier molecular flexibility index (Phi) is 4.83. The summed E-state index contributed by atoms with van der Waals surface area (Å²) in [5.41, 5.74) is 1.30. The molecule has 0 saturated carbocycles. The van der Waals surface area contributed by atoms with Gasteiger partial charge in [0.05, 0.1) is 12.0 Å². The smallest absolute Gasteiger partial charge is 0.320 e. The predicted molar refractivity (Wildman–Crippen MR) is 111 cm³/mol. The summed E-state index contributed by atoms with van der Waals surface area (Å²) >= 11 is 12.2. The number of imidazole rings is 1. The Morgan fingerprint density at radius 2 is 1.71 bits per heavy atom. The van der Waals surface area contributed by atoms with E-state index in [-0.39, 0.29) is 12.1 Å². The summed E-state index contributed by atoms with van der Waals surface area (Å²) in [6.45, 7) is 2.41. The molecule has 0 aliphatic carbocycles. The highest BCUT2D eigenvalue weighted by Crippen LogP contribution is 2.18. The number of fused-ring (bicyclic) bond motifs is 1. The molecule has 8 heteroatoms. The van der Waals surface area contributed by atoms with Gasteiger partial charge < -0.3 is 4.57 Å². The van der Waals surface area contributed by atoms with Crippen molar-refractivity contribution >= 4 is 34.4 Å². The van der Waals surface area contributed by atoms with Gasteiger partial charge in [0.2, 0.25) is 0 Å². The molecule has 0 N–H and O–H groups in total. The fourth-order valence-corrected chi connectivity index (χ4v) is 3.66. The van der Waals surface area contributed by atoms with Crippen LogP contribution in [0.15, 0.2) is 64.4 Å². The van der Waals surface area contributed by atoms with Gasteiger partial charge in [-0.3, -0.25) is 9.36 Å². The molecular formula is C20H16Cl2N4O2. The summed E-state index contributed by atoms with van der Waals surface area (Å²) in [5.74, 6) is 0. The van der Waals surface area contributed by atoms with Crippen LogP contribution >= 0.6 is 23.2 Å². The van der Waals surface area contributed by atoms with Crippen molar-refractivity contribution in [3.63, 3.8) is 0 Å². The van der Waals surface area contributed by atoms with Crippen LogP contribution in [0.25, 0.3) is 16.9 Å². The van der Waals surface area contributed by atoms with Crippen molar-refractivity contribution in [2.75, 3.05) is 0 Å². The first-order valence-corrected chi connectivity index (χ1v) is 9.46. The van der Waals surface area contributed by atoms with E-state index in [4.69, 9.17) is 23.2 Å². The molecule has 0 spiro atoms. The first-order chi connectivity index (χ1) is 13.5. The molecular weight excluding hydrogens is 399 g/mol. The molecule has 0 aliphatic rings. The van der Waals surface area contributed by atoms with Gasteiger partial charge in [-0.05, 0) is 42.8 Å². The van der Waals surface area contributed by atoms with E-state index in [1.165, 1.54) is 9.13 Å². The lowest BCUT2D eigenvalue weighted by molar-refractivity contribution is 0.655. The highest BCUT2D eigenvalue weighted by atomic mass is 35.5. The molecule has 142 valence electrons. The summed E-state index contributed by atoms with van der Waals surface area (Å²) in [6, 6.07) is 14.3. The average molecular weight is 415 g/mol. The third-order valence-electron chi connectivity index (χ3n) is 4.52. The molecule has 2 aromatic carbocycles. The summed E-state index contributed by atoms with van der Waals surface area (Å²) < 4.78 is 4.34. The number of benzene rings is 2. The van der Waals surface area contributed by atoms with Crippen molar-refractivity contribution in [2.45, 2.75) is 20.0 Å². The molecule has 6 nitrogen and oxygen atoms in total. The minimum absolute atomic E-state index is 0.247. The van der Waals surface area contributed by atoms with E-state index < -0.39 is 5.69 Å². The van der Waals surface area contributed by atoms with Crippen LogP contribution in [0.4, 0.5) is 0 Å². The van der Waals surface area contributed by atoms with Gasteiger partial charge in [-0.15, -0.1) is 0 Å². The topological polar surface area (TPSA) is 61.8 Å². The molecule has 28 heavy (non-hydrogen) atoms. The number of hydrogen-bond acceptors (Lipinski definition) is 3. The van der Waals surface area contributed by atoms with Crippen molar-refractivity contribution in [2.24, 2.45) is 0 Å². The number of halogens is 2. The molecule has 2 heterocycles. The van der Waals surface area contributed by atoms with Crippen molar-refractivity contribution in [1.29, 1.82) is 0 Å². The number of hydrogen-bond donors (Lipinski definition) is 0. The second-order valence-corrected chi connectivity index (χ2v) is 7.19. The zero-order valence-electron chi connectivity index (χ0n) is 15.0. The van der Waals surface area contributed by atoms with Crippen LogP contribution in [0, 0.1) is 0 Å². The zero-order chi connectivity index (χ0) is 19.8. The van der Waals surface area contributed by atoms with Gasteiger partial charge >= 0.3 is 5.69 Å². The van der Waals surface area contributed by atoms with Crippen molar-refractivity contribution in [1.82, 2.24) is 18.7 Å². The maximum absolute atomic E-state index is 13.0. The van der Waals surface area contributed by atoms with E-state index in [9.17, 15) is 9.59 Å². The van der Waals surface area contributed by atoms with Crippen molar-refractivity contribution < 1.29 is 0 Å². The van der Waals surface area contributed by atoms with Crippen molar-refractivity contribution in [3.8, 4) is 5.69 Å². The lowest BCUT2D eigenvalue weighted by Gasteiger charge is -2.12. The highest BCUT2D eigenvalue weighted by Gasteiger charge is 2.18. The lowest BCUT2D eigenvalue weighted by Crippen LogP contribution is -2.39. The Balaban J connectivity index is 2.00. The molecule has 0 aliphatic heterocycles. The fraction of sp³-hybridized carbons (Fsp3) is 0.150. The molecule has 0 unspecified atom stereocenters. The van der Waals surface area contributed by atoms with Gasteiger partial charge in [0.25, 0.3) is 5.56 Å². The summed E-state index contributed by atoms with van der Waals surface area (Å²) in [5, 5.41) is 1.11. The first kappa shape index (κ1) is 18.5. The average Bonchev–Trinajstić information content (AvgIpc) is 3.06. The zero-order valence-corrected chi connectivity index (χ0v) is 16.5. The predicted octanol–water partition coefficient (Wildman–Crippen LogP) is 3.72. The van der Waals surface area contributed by atoms with Crippen LogP contribution < -0.4 is 11.2 Å². The molecule has 4 aromatic rings.